The second-order valence-corrected chi connectivity index (χ2v) is 7.75. The zero-order valence-electron chi connectivity index (χ0n) is 14.8. The summed E-state index contributed by atoms with van der Waals surface area (Å²) in [6.07, 6.45) is 0.794. The topological polar surface area (TPSA) is 114 Å². The van der Waals surface area contributed by atoms with E-state index in [9.17, 15) is 18.0 Å². The Morgan fingerprint density at radius 1 is 1.15 bits per heavy atom. The molecule has 0 unspecified atom stereocenters. The summed E-state index contributed by atoms with van der Waals surface area (Å²) in [7, 11) is -2.47. The van der Waals surface area contributed by atoms with E-state index in [1.807, 2.05) is 0 Å². The van der Waals surface area contributed by atoms with Crippen LogP contribution in [0.3, 0.4) is 0 Å². The molecule has 3 rings (SSSR count). The van der Waals surface area contributed by atoms with Crippen LogP contribution in [-0.2, 0) is 26.0 Å². The molecule has 0 spiro atoms. The third-order valence-corrected chi connectivity index (χ3v) is 5.41. The highest BCUT2D eigenvalue weighted by Crippen LogP contribution is 2.31. The molecule has 1 aliphatic heterocycles. The van der Waals surface area contributed by atoms with Gasteiger partial charge in [0.2, 0.25) is 11.8 Å². The molecule has 0 radical (unpaired) electrons. The summed E-state index contributed by atoms with van der Waals surface area (Å²) in [6, 6.07) is 9.20. The van der Waals surface area contributed by atoms with E-state index in [4.69, 9.17) is 4.74 Å². The van der Waals surface area contributed by atoms with Crippen molar-refractivity contribution in [2.45, 2.75) is 24.7 Å². The third-order valence-electron chi connectivity index (χ3n) is 4.05. The molecule has 0 atom stereocenters. The second kappa shape index (κ2) is 7.28. The second-order valence-electron chi connectivity index (χ2n) is 6.07. The maximum Gasteiger partial charge on any atom is 0.262 e. The van der Waals surface area contributed by atoms with Gasteiger partial charge in [-0.05, 0) is 48.4 Å². The normalized spacial score (nSPS) is 13.3. The molecule has 0 fully saturated rings. The Balaban J connectivity index is 1.92. The van der Waals surface area contributed by atoms with E-state index in [0.29, 0.717) is 30.0 Å². The Bertz CT molecular complexity index is 1020. The Kier molecular flexibility index (Phi) is 5.04. The summed E-state index contributed by atoms with van der Waals surface area (Å²) in [4.78, 5) is 22.7. The van der Waals surface area contributed by atoms with E-state index in [1.165, 1.54) is 26.2 Å². The fourth-order valence-electron chi connectivity index (χ4n) is 2.80. The first-order valence-electron chi connectivity index (χ1n) is 8.20. The highest BCUT2D eigenvalue weighted by Gasteiger charge is 2.21. The van der Waals surface area contributed by atoms with Crippen LogP contribution in [0.5, 0.6) is 5.75 Å². The molecule has 9 heteroatoms. The number of carbonyl (C=O) groups is 2. The lowest BCUT2D eigenvalue weighted by Crippen LogP contribution is -2.20. The highest BCUT2D eigenvalue weighted by molar-refractivity contribution is 7.92. The minimum atomic E-state index is -3.89. The van der Waals surface area contributed by atoms with Gasteiger partial charge in [0.05, 0.1) is 17.7 Å². The van der Waals surface area contributed by atoms with Crippen molar-refractivity contribution in [3.05, 3.63) is 42.0 Å². The standard InChI is InChI=1S/C18H19N3O5S/c1-11(22)19-13-4-7-17(26-2)16(10-13)21-27(24,25)14-5-6-15-12(9-14)3-8-18(23)20-15/h4-7,9-10,21H,3,8H2,1-2H3,(H,19,22)(H,20,23). The zero-order chi connectivity index (χ0) is 19.6. The predicted molar refractivity (Wildman–Crippen MR) is 101 cm³/mol. The molecule has 27 heavy (non-hydrogen) atoms. The van der Waals surface area contributed by atoms with Crippen LogP contribution >= 0.6 is 0 Å². The lowest BCUT2D eigenvalue weighted by atomic mass is 10.0. The van der Waals surface area contributed by atoms with Gasteiger partial charge in [0.25, 0.3) is 10.0 Å². The summed E-state index contributed by atoms with van der Waals surface area (Å²) in [5.41, 5.74) is 2.02. The molecular weight excluding hydrogens is 370 g/mol. The number of hydrogen-bond acceptors (Lipinski definition) is 5. The van der Waals surface area contributed by atoms with E-state index < -0.39 is 10.0 Å². The average Bonchev–Trinajstić information content (AvgIpc) is 2.60. The Morgan fingerprint density at radius 3 is 2.63 bits per heavy atom. The van der Waals surface area contributed by atoms with E-state index in [0.717, 1.165) is 5.56 Å². The molecular formula is C18H19N3O5S. The Labute approximate surface area is 157 Å². The van der Waals surface area contributed by atoms with E-state index in [1.54, 1.807) is 24.3 Å². The number of anilines is 3. The lowest BCUT2D eigenvalue weighted by molar-refractivity contribution is -0.116. The quantitative estimate of drug-likeness (QED) is 0.726. The monoisotopic (exact) mass is 389 g/mol. The van der Waals surface area contributed by atoms with Crippen molar-refractivity contribution in [2.24, 2.45) is 0 Å². The molecule has 2 amide bonds. The van der Waals surface area contributed by atoms with Crippen molar-refractivity contribution in [3.63, 3.8) is 0 Å². The lowest BCUT2D eigenvalue weighted by Gasteiger charge is -2.18. The number of rotatable bonds is 5. The minimum Gasteiger partial charge on any atom is -0.495 e. The predicted octanol–water partition coefficient (Wildman–Crippen LogP) is 2.34. The summed E-state index contributed by atoms with van der Waals surface area (Å²) in [5, 5.41) is 5.32. The maximum atomic E-state index is 12.8. The van der Waals surface area contributed by atoms with Gasteiger partial charge < -0.3 is 15.4 Å². The average molecular weight is 389 g/mol. The van der Waals surface area contributed by atoms with Gasteiger partial charge in [-0.1, -0.05) is 0 Å². The van der Waals surface area contributed by atoms with Crippen molar-refractivity contribution in [3.8, 4) is 5.75 Å². The van der Waals surface area contributed by atoms with E-state index >= 15 is 0 Å². The first-order chi connectivity index (χ1) is 12.8. The van der Waals surface area contributed by atoms with E-state index in [2.05, 4.69) is 15.4 Å². The molecule has 0 saturated heterocycles. The third kappa shape index (κ3) is 4.20. The van der Waals surface area contributed by atoms with Gasteiger partial charge in [-0.25, -0.2) is 8.42 Å². The zero-order valence-corrected chi connectivity index (χ0v) is 15.6. The largest absolute Gasteiger partial charge is 0.495 e. The molecule has 142 valence electrons. The molecule has 2 aromatic carbocycles. The van der Waals surface area contributed by atoms with Crippen LogP contribution in [0.15, 0.2) is 41.3 Å². The molecule has 8 nitrogen and oxygen atoms in total. The van der Waals surface area contributed by atoms with Gasteiger partial charge in [-0.2, -0.15) is 0 Å². The Morgan fingerprint density at radius 2 is 1.93 bits per heavy atom. The molecule has 0 bridgehead atoms. The van der Waals surface area contributed by atoms with Crippen LogP contribution < -0.4 is 20.1 Å². The molecule has 0 saturated carbocycles. The van der Waals surface area contributed by atoms with Crippen LogP contribution in [0.4, 0.5) is 17.1 Å². The Hall–Kier alpha value is -3.07. The number of amides is 2. The number of carbonyl (C=O) groups excluding carboxylic acids is 2. The number of aryl methyl sites for hydroxylation is 1. The first-order valence-corrected chi connectivity index (χ1v) is 9.68. The number of ether oxygens (including phenoxy) is 1. The van der Waals surface area contributed by atoms with Crippen LogP contribution in [0.1, 0.15) is 18.9 Å². The van der Waals surface area contributed by atoms with Crippen LogP contribution in [-0.4, -0.2) is 27.3 Å². The van der Waals surface area contributed by atoms with Gasteiger partial charge in [0.1, 0.15) is 5.75 Å². The summed E-state index contributed by atoms with van der Waals surface area (Å²) >= 11 is 0. The fourth-order valence-corrected chi connectivity index (χ4v) is 3.91. The maximum absolute atomic E-state index is 12.8. The van der Waals surface area contributed by atoms with Crippen LogP contribution in [0.25, 0.3) is 0 Å². The fraction of sp³-hybridized carbons (Fsp3) is 0.222. The minimum absolute atomic E-state index is 0.0735. The van der Waals surface area contributed by atoms with E-state index in [-0.39, 0.29) is 22.4 Å². The van der Waals surface area contributed by atoms with Crippen molar-refractivity contribution in [2.75, 3.05) is 22.5 Å². The number of methoxy groups -OCH3 is 1. The van der Waals surface area contributed by atoms with Crippen LogP contribution in [0, 0.1) is 0 Å². The molecule has 1 aliphatic rings. The van der Waals surface area contributed by atoms with Gasteiger partial charge in [-0.3, -0.25) is 14.3 Å². The van der Waals surface area contributed by atoms with Gasteiger partial charge in [0.15, 0.2) is 0 Å². The number of fused-ring (bicyclic) bond motifs is 1. The molecule has 2 aromatic rings. The van der Waals surface area contributed by atoms with Crippen molar-refractivity contribution >= 4 is 38.9 Å². The van der Waals surface area contributed by atoms with Crippen molar-refractivity contribution in [1.29, 1.82) is 0 Å². The first kappa shape index (κ1) is 18.7. The van der Waals surface area contributed by atoms with Gasteiger partial charge in [-0.15, -0.1) is 0 Å². The summed E-state index contributed by atoms with van der Waals surface area (Å²) in [6.45, 7) is 1.36. The SMILES string of the molecule is COc1ccc(NC(C)=O)cc1NS(=O)(=O)c1ccc2c(c1)CCC(=O)N2. The molecule has 1 heterocycles. The molecule has 3 N–H and O–H groups in total. The molecule has 0 aromatic heterocycles. The van der Waals surface area contributed by atoms with Gasteiger partial charge in [0, 0.05) is 24.7 Å². The summed E-state index contributed by atoms with van der Waals surface area (Å²) < 4.78 is 33.3. The number of benzene rings is 2. The van der Waals surface area contributed by atoms with Crippen molar-refractivity contribution < 1.29 is 22.7 Å². The molecule has 0 aliphatic carbocycles. The number of hydrogen-bond donors (Lipinski definition) is 3. The van der Waals surface area contributed by atoms with Gasteiger partial charge >= 0.3 is 0 Å². The van der Waals surface area contributed by atoms with Crippen LogP contribution in [0.2, 0.25) is 0 Å². The van der Waals surface area contributed by atoms with Crippen molar-refractivity contribution in [1.82, 2.24) is 0 Å². The number of nitrogens with one attached hydrogen (secondary N) is 3. The number of sulfonamides is 1. The highest BCUT2D eigenvalue weighted by atomic mass is 32.2. The summed E-state index contributed by atoms with van der Waals surface area (Å²) in [5.74, 6) is -0.0423. The smallest absolute Gasteiger partial charge is 0.262 e.